The van der Waals surface area contributed by atoms with Gasteiger partial charge in [-0.1, -0.05) is 84.9 Å². The second-order valence-corrected chi connectivity index (χ2v) is 8.04. The summed E-state index contributed by atoms with van der Waals surface area (Å²) in [4.78, 5) is 19.7. The number of carbonyl (C=O) groups excluding carboxylic acids is 1. The molecule has 4 nitrogen and oxygen atoms in total. The van der Waals surface area contributed by atoms with E-state index < -0.39 is 0 Å². The minimum atomic E-state index is 0.105. The van der Waals surface area contributed by atoms with E-state index in [0.29, 0.717) is 19.5 Å². The second kappa shape index (κ2) is 8.60. The third-order valence-corrected chi connectivity index (χ3v) is 5.88. The molecule has 1 fully saturated rings. The Bertz CT molecular complexity index is 1210. The van der Waals surface area contributed by atoms with Crippen molar-refractivity contribution in [2.75, 3.05) is 6.54 Å². The van der Waals surface area contributed by atoms with Crippen LogP contribution in [-0.4, -0.2) is 26.9 Å². The summed E-state index contributed by atoms with van der Waals surface area (Å²) >= 11 is 0. The molecule has 1 saturated heterocycles. The smallest absolute Gasteiger partial charge is 0.223 e. The predicted molar refractivity (Wildman–Crippen MR) is 124 cm³/mol. The molecule has 4 heteroatoms. The van der Waals surface area contributed by atoms with Gasteiger partial charge in [-0.15, -0.1) is 0 Å². The van der Waals surface area contributed by atoms with Gasteiger partial charge in [0.25, 0.3) is 0 Å². The van der Waals surface area contributed by atoms with E-state index in [1.165, 1.54) is 5.56 Å². The lowest BCUT2D eigenvalue weighted by atomic mass is 10.1. The van der Waals surface area contributed by atoms with Crippen LogP contribution in [0, 0.1) is 0 Å². The maximum absolute atomic E-state index is 12.8. The van der Waals surface area contributed by atoms with Crippen molar-refractivity contribution in [1.82, 2.24) is 14.5 Å². The molecule has 0 saturated carbocycles. The lowest BCUT2D eigenvalue weighted by Crippen LogP contribution is -2.24. The van der Waals surface area contributed by atoms with Gasteiger partial charge in [0.15, 0.2) is 0 Å². The van der Waals surface area contributed by atoms with E-state index in [4.69, 9.17) is 4.98 Å². The zero-order valence-corrected chi connectivity index (χ0v) is 17.4. The summed E-state index contributed by atoms with van der Waals surface area (Å²) in [6, 6.07) is 28.7. The number of nitrogens with zero attached hydrogens (tertiary/aromatic N) is 3. The van der Waals surface area contributed by atoms with E-state index >= 15 is 0 Å². The highest BCUT2D eigenvalue weighted by Gasteiger charge is 2.33. The predicted octanol–water partition coefficient (Wildman–Crippen LogP) is 5.27. The van der Waals surface area contributed by atoms with Crippen LogP contribution < -0.4 is 0 Å². The molecule has 0 aliphatic carbocycles. The van der Waals surface area contributed by atoms with Crippen molar-refractivity contribution in [2.45, 2.75) is 25.4 Å². The number of hydrogen-bond acceptors (Lipinski definition) is 2. The fourth-order valence-electron chi connectivity index (χ4n) is 4.36. The highest BCUT2D eigenvalue weighted by Crippen LogP contribution is 2.31. The number of allylic oxidation sites excluding steroid dienone is 1. The monoisotopic (exact) mass is 407 g/mol. The Morgan fingerprint density at radius 1 is 0.903 bits per heavy atom. The van der Waals surface area contributed by atoms with Gasteiger partial charge in [0.2, 0.25) is 5.91 Å². The van der Waals surface area contributed by atoms with Gasteiger partial charge in [0, 0.05) is 32.0 Å². The number of amides is 1. The van der Waals surface area contributed by atoms with Gasteiger partial charge in [0.05, 0.1) is 11.0 Å². The van der Waals surface area contributed by atoms with E-state index in [-0.39, 0.29) is 11.8 Å². The van der Waals surface area contributed by atoms with Crippen molar-refractivity contribution in [3.05, 3.63) is 108 Å². The molecule has 1 aromatic heterocycles. The zero-order chi connectivity index (χ0) is 21.0. The molecule has 0 bridgehead atoms. The normalized spacial score (nSPS) is 16.6. The van der Waals surface area contributed by atoms with Crippen LogP contribution in [0.1, 0.15) is 29.3 Å². The molecule has 1 aliphatic rings. The van der Waals surface area contributed by atoms with Crippen LogP contribution in [0.2, 0.25) is 0 Å². The van der Waals surface area contributed by atoms with Gasteiger partial charge in [-0.3, -0.25) is 4.79 Å². The fraction of sp³-hybridized carbons (Fsp3) is 0.185. The first-order chi connectivity index (χ1) is 15.3. The largest absolute Gasteiger partial charge is 0.338 e. The van der Waals surface area contributed by atoms with Crippen molar-refractivity contribution in [1.29, 1.82) is 0 Å². The second-order valence-electron chi connectivity index (χ2n) is 8.04. The summed E-state index contributed by atoms with van der Waals surface area (Å²) < 4.78 is 2.26. The molecule has 1 atom stereocenters. The fourth-order valence-corrected chi connectivity index (χ4v) is 4.36. The molecule has 1 amide bonds. The minimum Gasteiger partial charge on any atom is -0.338 e. The van der Waals surface area contributed by atoms with Gasteiger partial charge < -0.3 is 9.47 Å². The quantitative estimate of drug-likeness (QED) is 0.437. The van der Waals surface area contributed by atoms with Crippen molar-refractivity contribution in [3.63, 3.8) is 0 Å². The molecule has 31 heavy (non-hydrogen) atoms. The number of hydrogen-bond donors (Lipinski definition) is 0. The number of benzene rings is 3. The number of fused-ring (bicyclic) bond motifs is 1. The highest BCUT2D eigenvalue weighted by molar-refractivity contribution is 5.81. The van der Waals surface area contributed by atoms with Gasteiger partial charge in [-0.25, -0.2) is 4.98 Å². The molecule has 0 unspecified atom stereocenters. The number of rotatable bonds is 6. The van der Waals surface area contributed by atoms with Crippen LogP contribution in [0.4, 0.5) is 0 Å². The SMILES string of the molecule is O=C1C[C@H](c2nc3ccccc3n2C/C=C/c2ccccc2)CN1Cc1ccccc1. The van der Waals surface area contributed by atoms with Crippen LogP contribution in [-0.2, 0) is 17.9 Å². The van der Waals surface area contributed by atoms with Crippen LogP contribution in [0.25, 0.3) is 17.1 Å². The lowest BCUT2D eigenvalue weighted by molar-refractivity contribution is -0.128. The van der Waals surface area contributed by atoms with E-state index in [9.17, 15) is 4.79 Å². The Hall–Kier alpha value is -3.66. The molecule has 1 aliphatic heterocycles. The van der Waals surface area contributed by atoms with Crippen molar-refractivity contribution in [3.8, 4) is 0 Å². The van der Waals surface area contributed by atoms with Crippen LogP contribution in [0.15, 0.2) is 91.0 Å². The summed E-state index contributed by atoms with van der Waals surface area (Å²) in [7, 11) is 0. The first kappa shape index (κ1) is 19.3. The van der Waals surface area contributed by atoms with Crippen LogP contribution in [0.3, 0.4) is 0 Å². The topological polar surface area (TPSA) is 38.1 Å². The molecule has 0 spiro atoms. The first-order valence-electron chi connectivity index (χ1n) is 10.8. The number of imidazole rings is 1. The summed E-state index contributed by atoms with van der Waals surface area (Å²) in [5.41, 5.74) is 4.44. The Balaban J connectivity index is 1.41. The number of carbonyl (C=O) groups is 1. The van der Waals surface area contributed by atoms with E-state index in [1.54, 1.807) is 0 Å². The third-order valence-electron chi connectivity index (χ3n) is 5.88. The number of likely N-dealkylation sites (tertiary alicyclic amines) is 1. The number of aromatic nitrogens is 2. The Kier molecular flexibility index (Phi) is 5.36. The number of para-hydroxylation sites is 2. The van der Waals surface area contributed by atoms with E-state index in [1.807, 2.05) is 53.4 Å². The summed E-state index contributed by atoms with van der Waals surface area (Å²) in [6.07, 6.45) is 4.82. The van der Waals surface area contributed by atoms with Gasteiger partial charge in [-0.05, 0) is 23.3 Å². The molecular formula is C27H25N3O. The Labute approximate surface area is 182 Å². The van der Waals surface area contributed by atoms with E-state index in [0.717, 1.165) is 29.0 Å². The third kappa shape index (κ3) is 4.15. The molecule has 2 heterocycles. The maximum Gasteiger partial charge on any atom is 0.223 e. The van der Waals surface area contributed by atoms with Crippen molar-refractivity contribution < 1.29 is 4.79 Å². The minimum absolute atomic E-state index is 0.105. The van der Waals surface area contributed by atoms with Crippen molar-refractivity contribution >= 4 is 23.0 Å². The maximum atomic E-state index is 12.8. The van der Waals surface area contributed by atoms with Gasteiger partial charge >= 0.3 is 0 Å². The Morgan fingerprint density at radius 3 is 2.42 bits per heavy atom. The first-order valence-corrected chi connectivity index (χ1v) is 10.8. The molecule has 0 radical (unpaired) electrons. The van der Waals surface area contributed by atoms with Gasteiger partial charge in [0.1, 0.15) is 5.82 Å². The highest BCUT2D eigenvalue weighted by atomic mass is 16.2. The van der Waals surface area contributed by atoms with Crippen LogP contribution in [0.5, 0.6) is 0 Å². The van der Waals surface area contributed by atoms with Gasteiger partial charge in [-0.2, -0.15) is 0 Å². The molecule has 5 rings (SSSR count). The summed E-state index contributed by atoms with van der Waals surface area (Å²) in [6.45, 7) is 2.10. The summed E-state index contributed by atoms with van der Waals surface area (Å²) in [5, 5.41) is 0. The molecule has 3 aromatic carbocycles. The zero-order valence-electron chi connectivity index (χ0n) is 17.4. The average Bonchev–Trinajstić information content (AvgIpc) is 3.36. The molecule has 4 aromatic rings. The summed E-state index contributed by atoms with van der Waals surface area (Å²) in [5.74, 6) is 1.31. The molecule has 0 N–H and O–H groups in total. The average molecular weight is 408 g/mol. The van der Waals surface area contributed by atoms with Crippen LogP contribution >= 0.6 is 0 Å². The standard InChI is InChI=1S/C27H25N3O/c31-26-18-23(20-29(26)19-22-12-5-2-6-13-22)27-28-24-15-7-8-16-25(24)30(27)17-9-14-21-10-3-1-4-11-21/h1-16,23H,17-20H2/b14-9+/t23-/m0/s1. The molecular weight excluding hydrogens is 382 g/mol. The molecule has 154 valence electrons. The lowest BCUT2D eigenvalue weighted by Gasteiger charge is -2.17. The van der Waals surface area contributed by atoms with Crippen molar-refractivity contribution in [2.24, 2.45) is 0 Å². The Morgan fingerprint density at radius 2 is 1.61 bits per heavy atom. The van der Waals surface area contributed by atoms with E-state index in [2.05, 4.69) is 53.1 Å².